The Hall–Kier alpha value is -0.610. The quantitative estimate of drug-likeness (QED) is 0.632. The van der Waals surface area contributed by atoms with Gasteiger partial charge in [0.05, 0.1) is 6.61 Å². The maximum absolute atomic E-state index is 11.4. The van der Waals surface area contributed by atoms with E-state index in [0.717, 1.165) is 13.0 Å². The third-order valence-electron chi connectivity index (χ3n) is 2.49. The van der Waals surface area contributed by atoms with Gasteiger partial charge in [-0.2, -0.15) is 0 Å². The Bertz CT molecular complexity index is 183. The molecule has 14 heavy (non-hydrogen) atoms. The molecule has 4 heteroatoms. The molecule has 0 aliphatic carbocycles. The average molecular weight is 202 g/mol. The monoisotopic (exact) mass is 202 g/mol. The molecule has 0 radical (unpaired) electrons. The second-order valence-corrected chi connectivity index (χ2v) is 3.85. The first-order valence-corrected chi connectivity index (χ1v) is 5.05. The molecule has 84 valence electrons. The number of methoxy groups -OCH3 is 1. The predicted molar refractivity (Wildman–Crippen MR) is 56.9 cm³/mol. The van der Waals surface area contributed by atoms with Crippen LogP contribution in [0.4, 0.5) is 0 Å². The third kappa shape index (κ3) is 2.96. The van der Waals surface area contributed by atoms with E-state index in [1.54, 1.807) is 7.11 Å². The van der Waals surface area contributed by atoms with Crippen molar-refractivity contribution in [3.63, 3.8) is 0 Å². The molecule has 4 nitrogen and oxygen atoms in total. The summed E-state index contributed by atoms with van der Waals surface area (Å²) in [6, 6.07) is 0. The molecule has 0 spiro atoms. The molecule has 0 saturated heterocycles. The van der Waals surface area contributed by atoms with Gasteiger partial charge in [-0.1, -0.05) is 20.8 Å². The number of carbonyl (C=O) groups is 1. The van der Waals surface area contributed by atoms with E-state index in [4.69, 9.17) is 10.5 Å². The van der Waals surface area contributed by atoms with Gasteiger partial charge in [0.1, 0.15) is 5.54 Å². The highest BCUT2D eigenvalue weighted by molar-refractivity contribution is 5.85. The molecule has 3 N–H and O–H groups in total. The Morgan fingerprint density at radius 2 is 2.14 bits per heavy atom. The molecular weight excluding hydrogens is 180 g/mol. The Morgan fingerprint density at radius 3 is 2.43 bits per heavy atom. The Labute approximate surface area is 86.2 Å². The standard InChI is InChI=1S/C10H22N2O2/c1-5-6-12-10(7-14-4,8(2)3)9(11)13/h8,12H,5-7H2,1-4H3,(H2,11,13). The number of primary amides is 1. The molecule has 0 aliphatic rings. The van der Waals surface area contributed by atoms with Crippen LogP contribution in [0, 0.1) is 5.92 Å². The van der Waals surface area contributed by atoms with Gasteiger partial charge in [0.25, 0.3) is 0 Å². The normalized spacial score (nSPS) is 15.5. The van der Waals surface area contributed by atoms with Crippen LogP contribution < -0.4 is 11.1 Å². The average Bonchev–Trinajstić information content (AvgIpc) is 2.11. The fourth-order valence-corrected chi connectivity index (χ4v) is 1.44. The lowest BCUT2D eigenvalue weighted by Crippen LogP contribution is -2.62. The van der Waals surface area contributed by atoms with Crippen LogP contribution in [0.25, 0.3) is 0 Å². The van der Waals surface area contributed by atoms with Crippen molar-refractivity contribution in [1.29, 1.82) is 0 Å². The van der Waals surface area contributed by atoms with E-state index in [0.29, 0.717) is 6.61 Å². The molecule has 0 heterocycles. The zero-order valence-electron chi connectivity index (χ0n) is 9.59. The summed E-state index contributed by atoms with van der Waals surface area (Å²) < 4.78 is 5.06. The number of rotatable bonds is 7. The number of nitrogens with two attached hydrogens (primary N) is 1. The van der Waals surface area contributed by atoms with Crippen LogP contribution in [-0.4, -0.2) is 31.7 Å². The van der Waals surface area contributed by atoms with Gasteiger partial charge in [-0.25, -0.2) is 0 Å². The van der Waals surface area contributed by atoms with Gasteiger partial charge in [0.15, 0.2) is 0 Å². The van der Waals surface area contributed by atoms with Crippen LogP contribution in [-0.2, 0) is 9.53 Å². The van der Waals surface area contributed by atoms with Crippen molar-refractivity contribution < 1.29 is 9.53 Å². The lowest BCUT2D eigenvalue weighted by atomic mass is 9.86. The highest BCUT2D eigenvalue weighted by Crippen LogP contribution is 2.17. The number of ether oxygens (including phenoxy) is 1. The first-order chi connectivity index (χ1) is 6.51. The zero-order valence-corrected chi connectivity index (χ0v) is 9.59. The molecular formula is C10H22N2O2. The SMILES string of the molecule is CCCNC(COC)(C(N)=O)C(C)C. The summed E-state index contributed by atoms with van der Waals surface area (Å²) in [7, 11) is 1.58. The van der Waals surface area contributed by atoms with Gasteiger partial charge in [-0.15, -0.1) is 0 Å². The Kier molecular flexibility index (Phi) is 5.72. The van der Waals surface area contributed by atoms with E-state index in [1.807, 2.05) is 20.8 Å². The van der Waals surface area contributed by atoms with Crippen molar-refractivity contribution in [2.75, 3.05) is 20.3 Å². The lowest BCUT2D eigenvalue weighted by Gasteiger charge is -2.34. The summed E-state index contributed by atoms with van der Waals surface area (Å²) >= 11 is 0. The van der Waals surface area contributed by atoms with Crippen molar-refractivity contribution in [1.82, 2.24) is 5.32 Å². The van der Waals surface area contributed by atoms with E-state index in [-0.39, 0.29) is 11.8 Å². The van der Waals surface area contributed by atoms with Crippen LogP contribution >= 0.6 is 0 Å². The van der Waals surface area contributed by atoms with Crippen LogP contribution in [0.3, 0.4) is 0 Å². The van der Waals surface area contributed by atoms with Crippen molar-refractivity contribution in [3.8, 4) is 0 Å². The molecule has 1 unspecified atom stereocenters. The van der Waals surface area contributed by atoms with Gasteiger partial charge in [-0.3, -0.25) is 4.79 Å². The minimum absolute atomic E-state index is 0.117. The van der Waals surface area contributed by atoms with Gasteiger partial charge in [0.2, 0.25) is 5.91 Å². The van der Waals surface area contributed by atoms with Crippen molar-refractivity contribution in [3.05, 3.63) is 0 Å². The number of hydrogen-bond donors (Lipinski definition) is 2. The van der Waals surface area contributed by atoms with E-state index >= 15 is 0 Å². The van der Waals surface area contributed by atoms with Crippen LogP contribution in [0.15, 0.2) is 0 Å². The highest BCUT2D eigenvalue weighted by Gasteiger charge is 2.39. The summed E-state index contributed by atoms with van der Waals surface area (Å²) in [5, 5.41) is 3.18. The molecule has 0 rings (SSSR count). The van der Waals surface area contributed by atoms with Crippen molar-refractivity contribution >= 4 is 5.91 Å². The van der Waals surface area contributed by atoms with Crippen molar-refractivity contribution in [2.45, 2.75) is 32.7 Å². The van der Waals surface area contributed by atoms with Gasteiger partial charge >= 0.3 is 0 Å². The van der Waals surface area contributed by atoms with Gasteiger partial charge in [-0.05, 0) is 18.9 Å². The van der Waals surface area contributed by atoms with Crippen LogP contribution in [0.1, 0.15) is 27.2 Å². The Morgan fingerprint density at radius 1 is 1.57 bits per heavy atom. The van der Waals surface area contributed by atoms with Gasteiger partial charge < -0.3 is 15.8 Å². The van der Waals surface area contributed by atoms with E-state index in [1.165, 1.54) is 0 Å². The molecule has 0 aromatic rings. The molecule has 1 amide bonds. The minimum atomic E-state index is -0.731. The van der Waals surface area contributed by atoms with Crippen LogP contribution in [0.5, 0.6) is 0 Å². The van der Waals surface area contributed by atoms with E-state index in [2.05, 4.69) is 5.32 Å². The molecule has 1 atom stereocenters. The second-order valence-electron chi connectivity index (χ2n) is 3.85. The third-order valence-corrected chi connectivity index (χ3v) is 2.49. The molecule has 0 fully saturated rings. The lowest BCUT2D eigenvalue weighted by molar-refractivity contribution is -0.128. The fraction of sp³-hybridized carbons (Fsp3) is 0.900. The topological polar surface area (TPSA) is 64.3 Å². The molecule has 0 bridgehead atoms. The van der Waals surface area contributed by atoms with Gasteiger partial charge in [0, 0.05) is 7.11 Å². The molecule has 0 aromatic heterocycles. The molecule has 0 aliphatic heterocycles. The largest absolute Gasteiger partial charge is 0.382 e. The number of carbonyl (C=O) groups excluding carboxylic acids is 1. The van der Waals surface area contributed by atoms with E-state index in [9.17, 15) is 4.79 Å². The van der Waals surface area contributed by atoms with Crippen LogP contribution in [0.2, 0.25) is 0 Å². The first kappa shape index (κ1) is 13.4. The number of nitrogens with one attached hydrogen (secondary N) is 1. The minimum Gasteiger partial charge on any atom is -0.382 e. The smallest absolute Gasteiger partial charge is 0.240 e. The summed E-state index contributed by atoms with van der Waals surface area (Å²) in [5.74, 6) is -0.228. The summed E-state index contributed by atoms with van der Waals surface area (Å²) in [4.78, 5) is 11.4. The Balaban J connectivity index is 4.65. The highest BCUT2D eigenvalue weighted by atomic mass is 16.5. The summed E-state index contributed by atoms with van der Waals surface area (Å²) in [6.07, 6.45) is 0.964. The zero-order chi connectivity index (χ0) is 11.2. The predicted octanol–water partition coefficient (Wildman–Crippen LogP) is 0.513. The maximum Gasteiger partial charge on any atom is 0.240 e. The molecule has 0 saturated carbocycles. The van der Waals surface area contributed by atoms with Crippen molar-refractivity contribution in [2.24, 2.45) is 11.7 Å². The summed E-state index contributed by atoms with van der Waals surface area (Å²) in [5.41, 5.74) is 4.69. The fourth-order valence-electron chi connectivity index (χ4n) is 1.44. The summed E-state index contributed by atoms with van der Waals surface area (Å²) in [6.45, 7) is 7.06. The molecule has 0 aromatic carbocycles. The number of hydrogen-bond acceptors (Lipinski definition) is 3. The first-order valence-electron chi connectivity index (χ1n) is 5.05. The second kappa shape index (κ2) is 5.98. The maximum atomic E-state index is 11.4. The number of amides is 1. The van der Waals surface area contributed by atoms with E-state index < -0.39 is 5.54 Å².